The number of aliphatic imine (C=N–C) groups is 2. The van der Waals surface area contributed by atoms with Crippen LogP contribution in [0.15, 0.2) is 32.3 Å². The highest BCUT2D eigenvalue weighted by molar-refractivity contribution is 9.12. The minimum atomic E-state index is -2.85. The summed E-state index contributed by atoms with van der Waals surface area (Å²) in [7, 11) is 3.31. The lowest BCUT2D eigenvalue weighted by atomic mass is 9.81. The van der Waals surface area contributed by atoms with E-state index in [4.69, 9.17) is 30.4 Å². The van der Waals surface area contributed by atoms with Crippen LogP contribution in [0.5, 0.6) is 6.01 Å². The van der Waals surface area contributed by atoms with Crippen molar-refractivity contribution in [2.45, 2.75) is 111 Å². The van der Waals surface area contributed by atoms with Gasteiger partial charge in [0.15, 0.2) is 0 Å². The molecule has 49 heavy (non-hydrogen) atoms. The molecule has 3 rings (SSSR count). The molecule has 272 valence electrons. The molecular weight excluding hydrogens is 692 g/mol. The fourth-order valence-corrected chi connectivity index (χ4v) is 6.76. The Morgan fingerprint density at radius 1 is 1.18 bits per heavy atom. The summed E-state index contributed by atoms with van der Waals surface area (Å²) < 4.78 is 35.1. The Morgan fingerprint density at radius 3 is 2.51 bits per heavy atom. The van der Waals surface area contributed by atoms with E-state index in [1.165, 1.54) is 11.3 Å². The van der Waals surface area contributed by atoms with E-state index < -0.39 is 12.0 Å². The van der Waals surface area contributed by atoms with Crippen LogP contribution < -0.4 is 15.4 Å². The Bertz CT molecular complexity index is 1460. The van der Waals surface area contributed by atoms with Crippen molar-refractivity contribution in [3.8, 4) is 6.01 Å². The van der Waals surface area contributed by atoms with E-state index in [0.717, 1.165) is 63.0 Å². The lowest BCUT2D eigenvalue weighted by Gasteiger charge is -2.31. The van der Waals surface area contributed by atoms with Crippen molar-refractivity contribution in [2.24, 2.45) is 21.1 Å². The van der Waals surface area contributed by atoms with E-state index in [1.807, 2.05) is 19.1 Å². The smallest absolute Gasteiger partial charge is 0.318 e. The van der Waals surface area contributed by atoms with Gasteiger partial charge >= 0.3 is 6.01 Å². The van der Waals surface area contributed by atoms with Crippen LogP contribution >= 0.6 is 15.9 Å². The van der Waals surface area contributed by atoms with Crippen molar-refractivity contribution in [1.82, 2.24) is 14.9 Å². The van der Waals surface area contributed by atoms with Gasteiger partial charge in [0.1, 0.15) is 5.82 Å². The van der Waals surface area contributed by atoms with Gasteiger partial charge < -0.3 is 20.3 Å². The summed E-state index contributed by atoms with van der Waals surface area (Å²) >= 11 is 3.68. The highest BCUT2D eigenvalue weighted by Crippen LogP contribution is 2.40. The molecule has 2 N–H and O–H groups in total. The normalized spacial score (nSPS) is 19.2. The molecule has 0 aromatic carbocycles. The minimum absolute atomic E-state index is 0.0173. The van der Waals surface area contributed by atoms with Crippen LogP contribution in [0.2, 0.25) is 0 Å². The molecule has 1 amide bonds. The lowest BCUT2D eigenvalue weighted by Crippen LogP contribution is -2.33. The van der Waals surface area contributed by atoms with E-state index >= 15 is 0 Å². The summed E-state index contributed by atoms with van der Waals surface area (Å²) in [5, 5.41) is 0. The summed E-state index contributed by atoms with van der Waals surface area (Å²) in [4.78, 5) is 35.6. The maximum atomic E-state index is 14.0. The Hall–Kier alpha value is -3.15. The molecule has 0 fully saturated rings. The molecule has 1 aliphatic carbocycles. The first-order valence-corrected chi connectivity index (χ1v) is 18.4. The van der Waals surface area contributed by atoms with Crippen molar-refractivity contribution in [2.75, 3.05) is 45.2 Å². The average molecular weight is 749 g/mol. The molecule has 1 aromatic rings. The Labute approximate surface area is 300 Å². The molecule has 0 bridgehead atoms. The zero-order valence-corrected chi connectivity index (χ0v) is 32.3. The zero-order valence-electron chi connectivity index (χ0n) is 30.7. The molecular formula is C37H56BrF2N7O2. The standard InChI is InChI=1S/C37H56BrF2N7O2/c1-9-12-14-17-36(5,16-13-10-2)24-49-35-44-30-21-28(38)32(43-25(4)22-37(6,39)40)27(11-3)31(30)33(45-35)47-19-15-18-42-26(23-47)20-29(41)34(48)46(7)8/h11,20-21,25H,9-10,12-19,22-24,41H2,1-8H3/b27-11-,29-20-,43-32?. The molecule has 9 nitrogen and oxygen atoms in total. The third-order valence-electron chi connectivity index (χ3n) is 8.80. The first-order chi connectivity index (χ1) is 23.1. The topological polar surface area (TPSA) is 109 Å². The number of halogens is 3. The fraction of sp³-hybridized carbons (Fsp3) is 0.649. The number of unbranched alkanes of at least 4 members (excludes halogenated alkanes) is 3. The molecule has 0 saturated carbocycles. The monoisotopic (exact) mass is 747 g/mol. The van der Waals surface area contributed by atoms with Crippen LogP contribution in [0.25, 0.3) is 11.6 Å². The molecule has 1 aliphatic heterocycles. The number of anilines is 1. The first-order valence-electron chi connectivity index (χ1n) is 17.6. The number of aromatic nitrogens is 2. The molecule has 2 atom stereocenters. The van der Waals surface area contributed by atoms with E-state index in [-0.39, 0.29) is 29.5 Å². The third-order valence-corrected chi connectivity index (χ3v) is 9.40. The summed E-state index contributed by atoms with van der Waals surface area (Å²) in [6.07, 6.45) is 13.6. The number of nitrogens with two attached hydrogens (primary N) is 1. The molecule has 2 heterocycles. The third kappa shape index (κ3) is 11.7. The van der Waals surface area contributed by atoms with E-state index in [2.05, 4.69) is 41.6 Å². The van der Waals surface area contributed by atoms with Crippen molar-refractivity contribution in [3.05, 3.63) is 33.6 Å². The van der Waals surface area contributed by atoms with Gasteiger partial charge in [-0.15, -0.1) is 0 Å². The Kier molecular flexibility index (Phi) is 15.0. The second kappa shape index (κ2) is 18.2. The summed E-state index contributed by atoms with van der Waals surface area (Å²) in [6.45, 7) is 13.3. The number of hydrogen-bond donors (Lipinski definition) is 1. The lowest BCUT2D eigenvalue weighted by molar-refractivity contribution is -0.124. The summed E-state index contributed by atoms with van der Waals surface area (Å²) in [5.74, 6) is -2.51. The molecule has 2 aliphatic rings. The van der Waals surface area contributed by atoms with Crippen LogP contribution in [0, 0.1) is 5.41 Å². The number of hydrogen-bond acceptors (Lipinski definition) is 8. The van der Waals surface area contributed by atoms with Gasteiger partial charge in [-0.25, -0.2) is 8.78 Å². The molecule has 0 spiro atoms. The van der Waals surface area contributed by atoms with E-state index in [9.17, 15) is 13.6 Å². The molecule has 0 radical (unpaired) electrons. The maximum Gasteiger partial charge on any atom is 0.318 e. The van der Waals surface area contributed by atoms with E-state index in [0.29, 0.717) is 53.7 Å². The van der Waals surface area contributed by atoms with Gasteiger partial charge in [0, 0.05) is 49.1 Å². The van der Waals surface area contributed by atoms with Gasteiger partial charge in [-0.3, -0.25) is 14.8 Å². The van der Waals surface area contributed by atoms with Crippen molar-refractivity contribution >= 4 is 50.7 Å². The number of amides is 1. The number of carbonyl (C=O) groups is 1. The van der Waals surface area contributed by atoms with Gasteiger partial charge in [-0.05, 0) is 68.1 Å². The number of alkyl halides is 2. The second-order valence-electron chi connectivity index (χ2n) is 14.0. The quantitative estimate of drug-likeness (QED) is 0.135. The van der Waals surface area contributed by atoms with Crippen molar-refractivity contribution in [1.29, 1.82) is 0 Å². The first kappa shape index (κ1) is 40.3. The Morgan fingerprint density at radius 2 is 1.88 bits per heavy atom. The van der Waals surface area contributed by atoms with E-state index in [1.54, 1.807) is 27.1 Å². The number of likely N-dealkylation sites (N-methyl/N-ethyl adjacent to an activating group) is 1. The number of rotatable bonds is 16. The van der Waals surface area contributed by atoms with Gasteiger partial charge in [0.2, 0.25) is 5.92 Å². The number of carbonyl (C=O) groups excluding carboxylic acids is 1. The van der Waals surface area contributed by atoms with Gasteiger partial charge in [0.05, 0.1) is 47.6 Å². The van der Waals surface area contributed by atoms with Crippen molar-refractivity contribution < 1.29 is 18.3 Å². The molecule has 12 heteroatoms. The summed E-state index contributed by atoms with van der Waals surface area (Å²) in [5.41, 5.74) is 9.62. The fourth-order valence-electron chi connectivity index (χ4n) is 6.23. The maximum absolute atomic E-state index is 14.0. The SMILES string of the molecule is C/C=C1\C(=NC(C)CC(C)(F)F)C(Br)=Cc2nc(OCC(C)(CCCC)CCCCC)nc(N3CCCN=C(/C=C(\N)C(=O)N(C)C)C3)c21. The van der Waals surface area contributed by atoms with Gasteiger partial charge in [-0.1, -0.05) is 59.0 Å². The van der Waals surface area contributed by atoms with Crippen LogP contribution in [-0.4, -0.2) is 84.5 Å². The number of ether oxygens (including phenoxy) is 1. The highest BCUT2D eigenvalue weighted by Gasteiger charge is 2.32. The average Bonchev–Trinajstić information content (AvgIpc) is 3.27. The van der Waals surface area contributed by atoms with Crippen LogP contribution in [-0.2, 0) is 4.79 Å². The number of fused-ring (bicyclic) bond motifs is 1. The van der Waals surface area contributed by atoms with Crippen molar-refractivity contribution in [3.63, 3.8) is 0 Å². The van der Waals surface area contributed by atoms with Gasteiger partial charge in [-0.2, -0.15) is 9.97 Å². The largest absolute Gasteiger partial charge is 0.463 e. The highest BCUT2D eigenvalue weighted by atomic mass is 79.9. The molecule has 1 aromatic heterocycles. The van der Waals surface area contributed by atoms with Gasteiger partial charge in [0.25, 0.3) is 5.91 Å². The zero-order chi connectivity index (χ0) is 36.4. The number of allylic oxidation sites excluding steroid dienone is 3. The van der Waals surface area contributed by atoms with Crippen LogP contribution in [0.3, 0.4) is 0 Å². The van der Waals surface area contributed by atoms with Crippen LogP contribution in [0.1, 0.15) is 111 Å². The second-order valence-corrected chi connectivity index (χ2v) is 14.8. The molecule has 2 unspecified atom stereocenters. The number of nitrogens with zero attached hydrogens (tertiary/aromatic N) is 6. The predicted octanol–water partition coefficient (Wildman–Crippen LogP) is 8.24. The Balaban J connectivity index is 2.14. The molecule has 0 saturated heterocycles. The summed E-state index contributed by atoms with van der Waals surface area (Å²) in [6, 6.07) is -0.355. The van der Waals surface area contributed by atoms with Crippen LogP contribution in [0.4, 0.5) is 14.6 Å². The minimum Gasteiger partial charge on any atom is -0.463 e. The predicted molar refractivity (Wildman–Crippen MR) is 202 cm³/mol.